The Morgan fingerprint density at radius 3 is 2.79 bits per heavy atom. The number of para-hydroxylation sites is 2. The van der Waals surface area contributed by atoms with E-state index in [0.717, 1.165) is 28.5 Å². The highest BCUT2D eigenvalue weighted by atomic mass is 32.2. The monoisotopic (exact) mass is 461 g/mol. The molecule has 0 fully saturated rings. The summed E-state index contributed by atoms with van der Waals surface area (Å²) in [7, 11) is 0. The van der Waals surface area contributed by atoms with E-state index in [2.05, 4.69) is 24.7 Å². The molecule has 0 unspecified atom stereocenters. The van der Waals surface area contributed by atoms with Crippen LogP contribution in [0.5, 0.6) is 11.5 Å². The number of fused-ring (bicyclic) bond motifs is 1. The van der Waals surface area contributed by atoms with Gasteiger partial charge in [-0.15, -0.1) is 5.10 Å². The number of Topliss-reactive ketones (excluding diaryl/α,β-unsaturated/α-hetero) is 1. The quantitative estimate of drug-likeness (QED) is 0.327. The predicted octanol–water partition coefficient (Wildman–Crippen LogP) is 4.10. The van der Waals surface area contributed by atoms with Gasteiger partial charge in [0.15, 0.2) is 29.2 Å². The van der Waals surface area contributed by atoms with Gasteiger partial charge in [0.2, 0.25) is 5.16 Å². The Hall–Kier alpha value is -3.59. The Morgan fingerprint density at radius 1 is 1.18 bits per heavy atom. The van der Waals surface area contributed by atoms with E-state index in [0.29, 0.717) is 29.7 Å². The second-order valence-electron chi connectivity index (χ2n) is 7.81. The summed E-state index contributed by atoms with van der Waals surface area (Å²) in [5, 5.41) is 7.67. The van der Waals surface area contributed by atoms with E-state index in [1.165, 1.54) is 11.8 Å². The number of rotatable bonds is 7. The van der Waals surface area contributed by atoms with Crippen LogP contribution in [0.25, 0.3) is 11.4 Å². The molecule has 1 aliphatic rings. The van der Waals surface area contributed by atoms with E-state index < -0.39 is 0 Å². The molecule has 0 bridgehead atoms. The number of nitrogens with zero attached hydrogens (tertiary/aromatic N) is 4. The zero-order valence-electron chi connectivity index (χ0n) is 18.3. The molecule has 0 spiro atoms. The number of aromatic amines is 1. The van der Waals surface area contributed by atoms with Gasteiger partial charge in [0, 0.05) is 34.9 Å². The van der Waals surface area contributed by atoms with Crippen molar-refractivity contribution in [3.8, 4) is 22.9 Å². The number of aryl methyl sites for hydroxylation is 1. The molecule has 168 valence electrons. The van der Waals surface area contributed by atoms with Crippen molar-refractivity contribution in [3.05, 3.63) is 71.8 Å². The van der Waals surface area contributed by atoms with Crippen molar-refractivity contribution in [2.45, 2.75) is 31.7 Å². The number of carbonyl (C=O) groups is 1. The van der Waals surface area contributed by atoms with Crippen LogP contribution in [0.1, 0.15) is 21.7 Å². The van der Waals surface area contributed by atoms with Gasteiger partial charge in [-0.05, 0) is 44.2 Å². The largest absolute Gasteiger partial charge is 0.486 e. The first kappa shape index (κ1) is 21.3. The van der Waals surface area contributed by atoms with Gasteiger partial charge >= 0.3 is 0 Å². The van der Waals surface area contributed by atoms with Gasteiger partial charge in [-0.25, -0.2) is 4.98 Å². The van der Waals surface area contributed by atoms with Crippen LogP contribution in [0.4, 0.5) is 0 Å². The summed E-state index contributed by atoms with van der Waals surface area (Å²) in [5.74, 6) is 2.47. The van der Waals surface area contributed by atoms with Crippen molar-refractivity contribution in [2.75, 3.05) is 12.4 Å². The second-order valence-corrected chi connectivity index (χ2v) is 8.75. The van der Waals surface area contributed by atoms with Crippen LogP contribution < -0.4 is 9.47 Å². The fraction of sp³-hybridized carbons (Fsp3) is 0.250. The van der Waals surface area contributed by atoms with Crippen molar-refractivity contribution in [1.29, 1.82) is 0 Å². The van der Waals surface area contributed by atoms with E-state index >= 15 is 0 Å². The zero-order chi connectivity index (χ0) is 22.8. The number of pyridine rings is 1. The summed E-state index contributed by atoms with van der Waals surface area (Å²) in [6.45, 7) is 5.06. The fourth-order valence-corrected chi connectivity index (χ4v) is 4.56. The molecule has 0 aliphatic carbocycles. The highest BCUT2D eigenvalue weighted by molar-refractivity contribution is 7.99. The van der Waals surface area contributed by atoms with Crippen LogP contribution in [0.2, 0.25) is 0 Å². The molecule has 0 radical (unpaired) electrons. The lowest BCUT2D eigenvalue weighted by Gasteiger charge is -2.27. The van der Waals surface area contributed by atoms with Crippen LogP contribution in [-0.2, 0) is 6.54 Å². The molecular weight excluding hydrogens is 438 g/mol. The minimum absolute atomic E-state index is 0.0424. The molecule has 33 heavy (non-hydrogen) atoms. The van der Waals surface area contributed by atoms with Crippen molar-refractivity contribution < 1.29 is 14.3 Å². The molecule has 1 N–H and O–H groups in total. The van der Waals surface area contributed by atoms with Crippen molar-refractivity contribution >= 4 is 17.5 Å². The second kappa shape index (κ2) is 9.11. The Labute approximate surface area is 195 Å². The summed E-state index contributed by atoms with van der Waals surface area (Å²) in [4.78, 5) is 21.4. The Balaban J connectivity index is 1.24. The zero-order valence-corrected chi connectivity index (χ0v) is 19.1. The number of hydrogen-bond acceptors (Lipinski definition) is 7. The highest BCUT2D eigenvalue weighted by Gasteiger charge is 2.24. The fourth-order valence-electron chi connectivity index (χ4n) is 3.88. The summed E-state index contributed by atoms with van der Waals surface area (Å²) in [6, 6.07) is 13.3. The number of thioether (sulfide) groups is 1. The van der Waals surface area contributed by atoms with Crippen molar-refractivity contribution in [3.63, 3.8) is 0 Å². The first-order valence-electron chi connectivity index (χ1n) is 10.6. The smallest absolute Gasteiger partial charge is 0.209 e. The summed E-state index contributed by atoms with van der Waals surface area (Å²) >= 11 is 1.32. The molecule has 5 rings (SSSR count). The number of aromatic nitrogens is 5. The lowest BCUT2D eigenvalue weighted by molar-refractivity contribution is 0.0777. The molecule has 3 aromatic heterocycles. The normalized spacial score (nSPS) is 14.9. The summed E-state index contributed by atoms with van der Waals surface area (Å²) in [6.07, 6.45) is 3.28. The third kappa shape index (κ3) is 4.49. The average molecular weight is 462 g/mol. The number of carbonyl (C=O) groups excluding carboxylic acids is 1. The molecule has 9 heteroatoms. The topological polar surface area (TPSA) is 94.9 Å². The molecule has 0 amide bonds. The SMILES string of the molecule is Cc1cc(C(=O)CSc2n[nH]c(-c3ccncc3)n2)c(C)n1C[C@H]1COc2ccccc2O1. The molecule has 8 nitrogen and oxygen atoms in total. The van der Waals surface area contributed by atoms with E-state index in [-0.39, 0.29) is 17.6 Å². The molecule has 0 saturated heterocycles. The average Bonchev–Trinajstić information content (AvgIpc) is 3.43. The van der Waals surface area contributed by atoms with Crippen LogP contribution in [0, 0.1) is 13.8 Å². The van der Waals surface area contributed by atoms with Crippen LogP contribution in [0.15, 0.2) is 60.0 Å². The maximum absolute atomic E-state index is 13.0. The van der Waals surface area contributed by atoms with E-state index in [1.807, 2.05) is 56.3 Å². The maximum Gasteiger partial charge on any atom is 0.209 e. The third-order valence-electron chi connectivity index (χ3n) is 5.58. The predicted molar refractivity (Wildman–Crippen MR) is 125 cm³/mol. The molecular formula is C24H23N5O3S. The van der Waals surface area contributed by atoms with Gasteiger partial charge in [0.25, 0.3) is 0 Å². The first-order chi connectivity index (χ1) is 16.1. The lowest BCUT2D eigenvalue weighted by Crippen LogP contribution is -2.33. The lowest BCUT2D eigenvalue weighted by atomic mass is 10.2. The van der Waals surface area contributed by atoms with Crippen molar-refractivity contribution in [1.82, 2.24) is 24.7 Å². The minimum Gasteiger partial charge on any atom is -0.486 e. The van der Waals surface area contributed by atoms with Gasteiger partial charge in [0.05, 0.1) is 12.3 Å². The maximum atomic E-state index is 13.0. The number of nitrogens with one attached hydrogen (secondary N) is 1. The van der Waals surface area contributed by atoms with Gasteiger partial charge in [-0.1, -0.05) is 23.9 Å². The molecule has 1 aromatic carbocycles. The highest BCUT2D eigenvalue weighted by Crippen LogP contribution is 2.32. The summed E-state index contributed by atoms with van der Waals surface area (Å²) in [5.41, 5.74) is 3.55. The molecule has 1 atom stereocenters. The number of ether oxygens (including phenoxy) is 2. The Morgan fingerprint density at radius 2 is 1.97 bits per heavy atom. The minimum atomic E-state index is -0.123. The van der Waals surface area contributed by atoms with Crippen LogP contribution in [0.3, 0.4) is 0 Å². The van der Waals surface area contributed by atoms with Gasteiger partial charge < -0.3 is 14.0 Å². The Kier molecular flexibility index (Phi) is 5.87. The number of benzene rings is 1. The first-order valence-corrected chi connectivity index (χ1v) is 11.6. The standard InChI is InChI=1S/C24H23N5O3S/c1-15-11-19(16(2)29(15)12-18-13-31-21-5-3-4-6-22(21)32-18)20(30)14-33-24-26-23(27-28-24)17-7-9-25-10-8-17/h3-11,18H,12-14H2,1-2H3,(H,26,27,28)/t18-/m0/s1. The van der Waals surface area contributed by atoms with Gasteiger partial charge in [-0.3, -0.25) is 14.9 Å². The van der Waals surface area contributed by atoms with Crippen LogP contribution >= 0.6 is 11.8 Å². The molecule has 0 saturated carbocycles. The number of ketones is 1. The van der Waals surface area contributed by atoms with Gasteiger partial charge in [-0.2, -0.15) is 0 Å². The van der Waals surface area contributed by atoms with E-state index in [1.54, 1.807) is 12.4 Å². The Bertz CT molecular complexity index is 1280. The summed E-state index contributed by atoms with van der Waals surface area (Å²) < 4.78 is 14.1. The van der Waals surface area contributed by atoms with E-state index in [9.17, 15) is 4.79 Å². The molecule has 1 aliphatic heterocycles. The van der Waals surface area contributed by atoms with Crippen LogP contribution in [-0.4, -0.2) is 49.0 Å². The van der Waals surface area contributed by atoms with Gasteiger partial charge in [0.1, 0.15) is 6.61 Å². The number of H-pyrrole nitrogens is 1. The number of hydrogen-bond donors (Lipinski definition) is 1. The third-order valence-corrected chi connectivity index (χ3v) is 6.43. The van der Waals surface area contributed by atoms with E-state index in [4.69, 9.17) is 9.47 Å². The molecule has 4 heterocycles. The molecule has 4 aromatic rings. The van der Waals surface area contributed by atoms with Crippen molar-refractivity contribution in [2.24, 2.45) is 0 Å².